The Morgan fingerprint density at radius 2 is 1.82 bits per heavy atom. The molecule has 0 spiro atoms. The van der Waals surface area contributed by atoms with Crippen LogP contribution in [0.1, 0.15) is 33.3 Å². The van der Waals surface area contributed by atoms with E-state index in [-0.39, 0.29) is 17.0 Å². The smallest absolute Gasteiger partial charge is 0.310 e. The molecule has 122 valence electrons. The first-order chi connectivity index (χ1) is 10.2. The van der Waals surface area contributed by atoms with Gasteiger partial charge in [0.1, 0.15) is 5.60 Å². The number of benzene rings is 1. The van der Waals surface area contributed by atoms with E-state index in [9.17, 15) is 9.59 Å². The first-order valence-electron chi connectivity index (χ1n) is 7.38. The van der Waals surface area contributed by atoms with Crippen molar-refractivity contribution in [3.63, 3.8) is 0 Å². The molecule has 22 heavy (non-hydrogen) atoms. The lowest BCUT2D eigenvalue weighted by Crippen LogP contribution is -2.32. The van der Waals surface area contributed by atoms with Crippen LogP contribution in [-0.4, -0.2) is 28.5 Å². The molecule has 0 fully saturated rings. The van der Waals surface area contributed by atoms with Gasteiger partial charge in [0, 0.05) is 5.75 Å². The molecular formula is C17H25NO3S. The molecule has 1 aromatic rings. The van der Waals surface area contributed by atoms with Crippen molar-refractivity contribution < 1.29 is 14.3 Å². The van der Waals surface area contributed by atoms with Crippen LogP contribution < -0.4 is 5.73 Å². The molecule has 1 aromatic carbocycles. The topological polar surface area (TPSA) is 69.4 Å². The van der Waals surface area contributed by atoms with E-state index < -0.39 is 11.6 Å². The lowest BCUT2D eigenvalue weighted by atomic mass is 10.1. The van der Waals surface area contributed by atoms with Crippen molar-refractivity contribution in [2.75, 3.05) is 5.75 Å². The van der Waals surface area contributed by atoms with Crippen molar-refractivity contribution >= 4 is 22.8 Å². The monoisotopic (exact) mass is 323 g/mol. The normalized spacial score (nSPS) is 14.2. The van der Waals surface area contributed by atoms with Crippen LogP contribution in [0.3, 0.4) is 0 Å². The maximum atomic E-state index is 12.0. The molecule has 0 saturated carbocycles. The summed E-state index contributed by atoms with van der Waals surface area (Å²) in [6.45, 7) is 7.24. The zero-order chi connectivity index (χ0) is 16.8. The zero-order valence-corrected chi connectivity index (χ0v) is 14.5. The molecule has 2 atom stereocenters. The third-order valence-corrected chi connectivity index (χ3v) is 4.14. The number of hydrogen-bond donors (Lipinski definition) is 1. The largest absolute Gasteiger partial charge is 0.460 e. The molecule has 0 aliphatic carbocycles. The summed E-state index contributed by atoms with van der Waals surface area (Å²) in [5.74, 6) is -0.238. The highest BCUT2D eigenvalue weighted by Crippen LogP contribution is 2.17. The van der Waals surface area contributed by atoms with E-state index in [2.05, 4.69) is 0 Å². The van der Waals surface area contributed by atoms with Gasteiger partial charge in [0.25, 0.3) is 0 Å². The average molecular weight is 323 g/mol. The number of ether oxygens (including phenoxy) is 1. The van der Waals surface area contributed by atoms with Crippen molar-refractivity contribution in [2.45, 2.75) is 45.8 Å². The van der Waals surface area contributed by atoms with Crippen molar-refractivity contribution in [1.29, 1.82) is 0 Å². The Morgan fingerprint density at radius 1 is 1.23 bits per heavy atom. The van der Waals surface area contributed by atoms with Gasteiger partial charge < -0.3 is 10.5 Å². The molecule has 0 aliphatic heterocycles. The summed E-state index contributed by atoms with van der Waals surface area (Å²) in [6, 6.07) is 9.10. The van der Waals surface area contributed by atoms with Gasteiger partial charge in [-0.1, -0.05) is 49.0 Å². The highest BCUT2D eigenvalue weighted by Gasteiger charge is 2.23. The van der Waals surface area contributed by atoms with Crippen molar-refractivity contribution in [3.05, 3.63) is 35.9 Å². The highest BCUT2D eigenvalue weighted by molar-refractivity contribution is 8.13. The number of rotatable bonds is 6. The molecule has 0 saturated heterocycles. The van der Waals surface area contributed by atoms with E-state index in [1.807, 2.05) is 51.1 Å². The molecule has 0 radical (unpaired) electrons. The third-order valence-electron chi connectivity index (χ3n) is 2.89. The number of nitrogens with two attached hydrogens (primary N) is 1. The SMILES string of the molecule is CC(CSC(=O)[C@H](N)Cc1ccccc1)C(=O)OC(C)(C)C. The maximum absolute atomic E-state index is 12.0. The minimum atomic E-state index is -0.557. The number of thioether (sulfide) groups is 1. The van der Waals surface area contributed by atoms with Crippen LogP contribution in [0.5, 0.6) is 0 Å². The summed E-state index contributed by atoms with van der Waals surface area (Å²) in [7, 11) is 0. The lowest BCUT2D eigenvalue weighted by molar-refractivity contribution is -0.158. The molecule has 4 nitrogen and oxygen atoms in total. The van der Waals surface area contributed by atoms with Crippen molar-refractivity contribution in [1.82, 2.24) is 0 Å². The Bertz CT molecular complexity index is 496. The van der Waals surface area contributed by atoms with Crippen molar-refractivity contribution in [3.8, 4) is 0 Å². The van der Waals surface area contributed by atoms with E-state index in [0.29, 0.717) is 12.2 Å². The van der Waals surface area contributed by atoms with E-state index in [0.717, 1.165) is 17.3 Å². The Hall–Kier alpha value is -1.33. The Labute approximate surface area is 136 Å². The van der Waals surface area contributed by atoms with Gasteiger partial charge in [-0.05, 0) is 32.8 Å². The third kappa shape index (κ3) is 7.09. The van der Waals surface area contributed by atoms with E-state index in [4.69, 9.17) is 10.5 Å². The summed E-state index contributed by atoms with van der Waals surface area (Å²) >= 11 is 1.10. The molecule has 5 heteroatoms. The Morgan fingerprint density at radius 3 is 2.36 bits per heavy atom. The summed E-state index contributed by atoms with van der Waals surface area (Å²) in [5.41, 5.74) is 6.45. The summed E-state index contributed by atoms with van der Waals surface area (Å²) < 4.78 is 5.29. The Kier molecular flexibility index (Phi) is 7.10. The molecule has 2 N–H and O–H groups in total. The predicted octanol–water partition coefficient (Wildman–Crippen LogP) is 2.79. The van der Waals surface area contributed by atoms with Crippen LogP contribution >= 0.6 is 11.8 Å². The second kappa shape index (κ2) is 8.34. The number of hydrogen-bond acceptors (Lipinski definition) is 5. The summed E-state index contributed by atoms with van der Waals surface area (Å²) in [4.78, 5) is 23.9. The van der Waals surface area contributed by atoms with Gasteiger partial charge in [-0.25, -0.2) is 0 Å². The first-order valence-corrected chi connectivity index (χ1v) is 8.36. The highest BCUT2D eigenvalue weighted by atomic mass is 32.2. The summed E-state index contributed by atoms with van der Waals surface area (Å²) in [5, 5.41) is -0.0979. The van der Waals surface area contributed by atoms with Crippen LogP contribution in [0.25, 0.3) is 0 Å². The first kappa shape index (κ1) is 18.7. The second-order valence-electron chi connectivity index (χ2n) is 6.36. The molecule has 0 bridgehead atoms. The van der Waals surface area contributed by atoms with Crippen LogP contribution in [-0.2, 0) is 20.7 Å². The van der Waals surface area contributed by atoms with Gasteiger partial charge in [-0.3, -0.25) is 9.59 Å². The molecule has 1 unspecified atom stereocenters. The molecule has 0 amide bonds. The minimum absolute atomic E-state index is 0.0979. The Balaban J connectivity index is 2.40. The maximum Gasteiger partial charge on any atom is 0.310 e. The van der Waals surface area contributed by atoms with Gasteiger partial charge in [0.15, 0.2) is 0 Å². The van der Waals surface area contributed by atoms with E-state index in [1.54, 1.807) is 6.92 Å². The van der Waals surface area contributed by atoms with E-state index in [1.165, 1.54) is 0 Å². The van der Waals surface area contributed by atoms with Crippen LogP contribution in [0.4, 0.5) is 0 Å². The van der Waals surface area contributed by atoms with Gasteiger partial charge in [-0.2, -0.15) is 0 Å². The van der Waals surface area contributed by atoms with Crippen LogP contribution in [0.2, 0.25) is 0 Å². The number of esters is 1. The van der Waals surface area contributed by atoms with Crippen LogP contribution in [0, 0.1) is 5.92 Å². The molecular weight excluding hydrogens is 298 g/mol. The fourth-order valence-corrected chi connectivity index (χ4v) is 2.58. The standard InChI is InChI=1S/C17H25NO3S/c1-12(15(19)21-17(2,3)4)11-22-16(20)14(18)10-13-8-6-5-7-9-13/h5-9,12,14H,10-11,18H2,1-4H3/t12?,14-/m1/s1. The minimum Gasteiger partial charge on any atom is -0.460 e. The quantitative estimate of drug-likeness (QED) is 0.815. The molecule has 0 aromatic heterocycles. The van der Waals surface area contributed by atoms with Crippen molar-refractivity contribution in [2.24, 2.45) is 11.7 Å². The number of carbonyl (C=O) groups is 2. The fraction of sp³-hybridized carbons (Fsp3) is 0.529. The van der Waals surface area contributed by atoms with Gasteiger partial charge in [0.2, 0.25) is 5.12 Å². The predicted molar refractivity (Wildman–Crippen MR) is 90.6 cm³/mol. The average Bonchev–Trinajstić information content (AvgIpc) is 2.43. The van der Waals surface area contributed by atoms with Gasteiger partial charge in [0.05, 0.1) is 12.0 Å². The zero-order valence-electron chi connectivity index (χ0n) is 13.7. The molecule has 0 heterocycles. The van der Waals surface area contributed by atoms with Gasteiger partial charge in [-0.15, -0.1) is 0 Å². The van der Waals surface area contributed by atoms with Gasteiger partial charge >= 0.3 is 5.97 Å². The molecule has 0 aliphatic rings. The fourth-order valence-electron chi connectivity index (χ4n) is 1.74. The summed E-state index contributed by atoms with van der Waals surface area (Å²) in [6.07, 6.45) is 0.507. The molecule has 1 rings (SSSR count). The lowest BCUT2D eigenvalue weighted by Gasteiger charge is -2.22. The number of carbonyl (C=O) groups excluding carboxylic acids is 2. The van der Waals surface area contributed by atoms with E-state index >= 15 is 0 Å². The van der Waals surface area contributed by atoms with Crippen LogP contribution in [0.15, 0.2) is 30.3 Å². The second-order valence-corrected chi connectivity index (χ2v) is 7.39.